The second kappa shape index (κ2) is 6.15. The van der Waals surface area contributed by atoms with Crippen LogP contribution in [0.3, 0.4) is 0 Å². The van der Waals surface area contributed by atoms with Crippen LogP contribution in [0.1, 0.15) is 17.3 Å². The summed E-state index contributed by atoms with van der Waals surface area (Å²) in [6, 6.07) is 7.45. The molecule has 0 aliphatic carbocycles. The third-order valence-corrected chi connectivity index (χ3v) is 2.76. The van der Waals surface area contributed by atoms with Crippen molar-refractivity contribution in [3.05, 3.63) is 36.0 Å². The second-order valence-corrected chi connectivity index (χ2v) is 3.99. The highest BCUT2D eigenvalue weighted by atomic mass is 16.5. The lowest BCUT2D eigenvalue weighted by atomic mass is 10.1. The number of hydrogen-bond donors (Lipinski definition) is 2. The molecule has 0 amide bonds. The number of anilines is 1. The Morgan fingerprint density at radius 1 is 1.42 bits per heavy atom. The molecule has 0 aliphatic rings. The summed E-state index contributed by atoms with van der Waals surface area (Å²) >= 11 is 0. The van der Waals surface area contributed by atoms with Crippen molar-refractivity contribution in [3.63, 3.8) is 0 Å². The minimum absolute atomic E-state index is 0.176. The van der Waals surface area contributed by atoms with Crippen LogP contribution >= 0.6 is 0 Å². The molecule has 0 saturated carbocycles. The molecule has 2 aromatic rings. The number of nitrogens with one attached hydrogen (secondary N) is 1. The van der Waals surface area contributed by atoms with Crippen molar-refractivity contribution in [3.8, 4) is 0 Å². The Morgan fingerprint density at radius 2 is 2.21 bits per heavy atom. The standard InChI is InChI=1S/C14H16N2O3/c1-2-19-8-7-15-13-10-5-3-4-6-12(10)16-9-11(13)14(17)18/h3-6,9H,2,7-8H2,1H3,(H,15,16)(H,17,18). The number of carbonyl (C=O) groups is 1. The minimum Gasteiger partial charge on any atom is -0.478 e. The van der Waals surface area contributed by atoms with E-state index in [2.05, 4.69) is 10.3 Å². The van der Waals surface area contributed by atoms with Crippen LogP contribution in [0, 0.1) is 0 Å². The van der Waals surface area contributed by atoms with Gasteiger partial charge in [-0.2, -0.15) is 0 Å². The SMILES string of the molecule is CCOCCNc1c(C(=O)O)cnc2ccccc12. The quantitative estimate of drug-likeness (QED) is 0.780. The van der Waals surface area contributed by atoms with Crippen LogP contribution in [0.15, 0.2) is 30.5 Å². The molecule has 0 bridgehead atoms. The van der Waals surface area contributed by atoms with Crippen LogP contribution in [-0.2, 0) is 4.74 Å². The topological polar surface area (TPSA) is 71.5 Å². The maximum Gasteiger partial charge on any atom is 0.339 e. The first-order valence-corrected chi connectivity index (χ1v) is 6.16. The van der Waals surface area contributed by atoms with E-state index in [1.165, 1.54) is 6.20 Å². The van der Waals surface area contributed by atoms with Crippen molar-refractivity contribution < 1.29 is 14.6 Å². The van der Waals surface area contributed by atoms with Gasteiger partial charge in [0.25, 0.3) is 0 Å². The molecule has 0 aliphatic heterocycles. The average molecular weight is 260 g/mol. The number of benzene rings is 1. The van der Waals surface area contributed by atoms with E-state index in [1.807, 2.05) is 31.2 Å². The van der Waals surface area contributed by atoms with Crippen molar-refractivity contribution in [2.75, 3.05) is 25.1 Å². The van der Waals surface area contributed by atoms with E-state index >= 15 is 0 Å². The predicted octanol–water partition coefficient (Wildman–Crippen LogP) is 2.38. The van der Waals surface area contributed by atoms with Gasteiger partial charge in [-0.05, 0) is 13.0 Å². The maximum atomic E-state index is 11.2. The number of pyridine rings is 1. The number of para-hydroxylation sites is 1. The number of carboxylic acid groups (broad SMARTS) is 1. The lowest BCUT2D eigenvalue weighted by molar-refractivity contribution is 0.0697. The molecule has 100 valence electrons. The molecule has 0 atom stereocenters. The first kappa shape index (κ1) is 13.3. The molecular weight excluding hydrogens is 244 g/mol. The fraction of sp³-hybridized carbons (Fsp3) is 0.286. The zero-order valence-electron chi connectivity index (χ0n) is 10.7. The summed E-state index contributed by atoms with van der Waals surface area (Å²) in [7, 11) is 0. The fourth-order valence-electron chi connectivity index (χ4n) is 1.89. The highest BCUT2D eigenvalue weighted by Crippen LogP contribution is 2.25. The highest BCUT2D eigenvalue weighted by Gasteiger charge is 2.13. The van der Waals surface area contributed by atoms with E-state index in [0.717, 1.165) is 10.9 Å². The van der Waals surface area contributed by atoms with Gasteiger partial charge in [0, 0.05) is 24.7 Å². The van der Waals surface area contributed by atoms with Crippen molar-refractivity contribution >= 4 is 22.6 Å². The van der Waals surface area contributed by atoms with Gasteiger partial charge in [0.1, 0.15) is 5.56 Å². The number of nitrogens with zero attached hydrogens (tertiary/aromatic N) is 1. The Bertz CT molecular complexity index is 584. The van der Waals surface area contributed by atoms with E-state index in [1.54, 1.807) is 0 Å². The molecule has 1 aromatic carbocycles. The minimum atomic E-state index is -0.989. The van der Waals surface area contributed by atoms with Gasteiger partial charge < -0.3 is 15.2 Å². The van der Waals surface area contributed by atoms with Crippen LogP contribution in [0.2, 0.25) is 0 Å². The smallest absolute Gasteiger partial charge is 0.339 e. The van der Waals surface area contributed by atoms with Gasteiger partial charge in [-0.25, -0.2) is 4.79 Å². The van der Waals surface area contributed by atoms with E-state index in [9.17, 15) is 9.90 Å². The summed E-state index contributed by atoms with van der Waals surface area (Å²) in [6.45, 7) is 3.66. The highest BCUT2D eigenvalue weighted by molar-refractivity contribution is 6.04. The lowest BCUT2D eigenvalue weighted by Crippen LogP contribution is -2.13. The number of rotatable bonds is 6. The molecule has 2 N–H and O–H groups in total. The van der Waals surface area contributed by atoms with Crippen molar-refractivity contribution in [2.45, 2.75) is 6.92 Å². The Morgan fingerprint density at radius 3 is 2.95 bits per heavy atom. The van der Waals surface area contributed by atoms with Crippen LogP contribution in [-0.4, -0.2) is 35.8 Å². The second-order valence-electron chi connectivity index (χ2n) is 3.99. The zero-order valence-corrected chi connectivity index (χ0v) is 10.7. The molecule has 2 rings (SSSR count). The molecule has 0 spiro atoms. The summed E-state index contributed by atoms with van der Waals surface area (Å²) in [4.78, 5) is 15.4. The Kier molecular flexibility index (Phi) is 4.30. The fourth-order valence-corrected chi connectivity index (χ4v) is 1.89. The molecule has 0 saturated heterocycles. The van der Waals surface area contributed by atoms with Gasteiger partial charge in [0.15, 0.2) is 0 Å². The zero-order chi connectivity index (χ0) is 13.7. The third kappa shape index (κ3) is 3.00. The number of aromatic carboxylic acids is 1. The molecule has 0 radical (unpaired) electrons. The van der Waals surface area contributed by atoms with Gasteiger partial charge in [0.05, 0.1) is 17.8 Å². The van der Waals surface area contributed by atoms with Crippen LogP contribution < -0.4 is 5.32 Å². The summed E-state index contributed by atoms with van der Waals surface area (Å²) in [5.41, 5.74) is 1.54. The van der Waals surface area contributed by atoms with E-state index in [0.29, 0.717) is 25.4 Å². The molecular formula is C14H16N2O3. The van der Waals surface area contributed by atoms with Gasteiger partial charge in [0.2, 0.25) is 0 Å². The Balaban J connectivity index is 2.35. The largest absolute Gasteiger partial charge is 0.478 e. The van der Waals surface area contributed by atoms with Crippen molar-refractivity contribution in [1.29, 1.82) is 0 Å². The Hall–Kier alpha value is -2.14. The average Bonchev–Trinajstić information content (AvgIpc) is 2.43. The summed E-state index contributed by atoms with van der Waals surface area (Å²) < 4.78 is 5.24. The molecule has 1 aromatic heterocycles. The number of aromatic nitrogens is 1. The van der Waals surface area contributed by atoms with Crippen LogP contribution in [0.25, 0.3) is 10.9 Å². The molecule has 0 fully saturated rings. The van der Waals surface area contributed by atoms with Gasteiger partial charge >= 0.3 is 5.97 Å². The number of ether oxygens (including phenoxy) is 1. The van der Waals surface area contributed by atoms with Gasteiger partial charge in [-0.1, -0.05) is 18.2 Å². The molecule has 5 heteroatoms. The first-order chi connectivity index (χ1) is 9.24. The summed E-state index contributed by atoms with van der Waals surface area (Å²) in [5, 5.41) is 13.1. The molecule has 1 heterocycles. The third-order valence-electron chi connectivity index (χ3n) is 2.76. The maximum absolute atomic E-state index is 11.2. The predicted molar refractivity (Wildman–Crippen MR) is 73.7 cm³/mol. The first-order valence-electron chi connectivity index (χ1n) is 6.16. The van der Waals surface area contributed by atoms with Gasteiger partial charge in [-0.3, -0.25) is 4.98 Å². The normalized spacial score (nSPS) is 10.6. The van der Waals surface area contributed by atoms with Crippen LogP contribution in [0.4, 0.5) is 5.69 Å². The van der Waals surface area contributed by atoms with Crippen molar-refractivity contribution in [2.24, 2.45) is 0 Å². The molecule has 5 nitrogen and oxygen atoms in total. The molecule has 19 heavy (non-hydrogen) atoms. The molecule has 0 unspecified atom stereocenters. The van der Waals surface area contributed by atoms with E-state index < -0.39 is 5.97 Å². The lowest BCUT2D eigenvalue weighted by Gasteiger charge is -2.12. The van der Waals surface area contributed by atoms with Crippen molar-refractivity contribution in [1.82, 2.24) is 4.98 Å². The Labute approximate surface area is 111 Å². The summed E-state index contributed by atoms with van der Waals surface area (Å²) in [6.07, 6.45) is 1.38. The number of hydrogen-bond acceptors (Lipinski definition) is 4. The monoisotopic (exact) mass is 260 g/mol. The van der Waals surface area contributed by atoms with Gasteiger partial charge in [-0.15, -0.1) is 0 Å². The van der Waals surface area contributed by atoms with E-state index in [4.69, 9.17) is 4.74 Å². The number of fused-ring (bicyclic) bond motifs is 1. The van der Waals surface area contributed by atoms with E-state index in [-0.39, 0.29) is 5.56 Å². The van der Waals surface area contributed by atoms with Crippen LogP contribution in [0.5, 0.6) is 0 Å². The summed E-state index contributed by atoms with van der Waals surface area (Å²) in [5.74, 6) is -0.989. The number of carboxylic acids is 1.